The summed E-state index contributed by atoms with van der Waals surface area (Å²) >= 11 is 3.32. The fraction of sp³-hybridized carbons (Fsp3) is 0.0435. The van der Waals surface area contributed by atoms with E-state index in [2.05, 4.69) is 15.9 Å². The van der Waals surface area contributed by atoms with E-state index in [9.17, 15) is 9.59 Å². The summed E-state index contributed by atoms with van der Waals surface area (Å²) in [7, 11) is 1.61. The van der Waals surface area contributed by atoms with E-state index in [1.807, 2.05) is 24.3 Å². The number of halogens is 1. The molecule has 0 bridgehead atoms. The maximum absolute atomic E-state index is 12.3. The monoisotopic (exact) mass is 436 g/mol. The highest BCUT2D eigenvalue weighted by molar-refractivity contribution is 9.10. The first kappa shape index (κ1) is 19.6. The van der Waals surface area contributed by atoms with Crippen molar-refractivity contribution >= 4 is 33.8 Å². The number of esters is 1. The van der Waals surface area contributed by atoms with Gasteiger partial charge in [0, 0.05) is 10.0 Å². The van der Waals surface area contributed by atoms with Crippen molar-refractivity contribution in [1.82, 2.24) is 0 Å². The standard InChI is InChI=1S/C23H17BrO4/c1-27-20-11-2-16(3-12-20)4-15-22(25)17-7-13-21(14-8-17)28-23(26)18-5-9-19(24)10-6-18/h2-15H,1H3. The van der Waals surface area contributed by atoms with Gasteiger partial charge in [-0.15, -0.1) is 0 Å². The Kier molecular flexibility index (Phi) is 6.40. The molecule has 0 unspecified atom stereocenters. The lowest BCUT2D eigenvalue weighted by atomic mass is 10.1. The van der Waals surface area contributed by atoms with Crippen molar-refractivity contribution in [2.45, 2.75) is 0 Å². The molecule has 0 radical (unpaired) electrons. The highest BCUT2D eigenvalue weighted by Gasteiger charge is 2.09. The molecule has 0 atom stereocenters. The molecule has 0 aromatic heterocycles. The minimum atomic E-state index is -0.453. The van der Waals surface area contributed by atoms with E-state index in [4.69, 9.17) is 9.47 Å². The topological polar surface area (TPSA) is 52.6 Å². The molecule has 5 heteroatoms. The molecule has 0 fully saturated rings. The van der Waals surface area contributed by atoms with Gasteiger partial charge in [0.15, 0.2) is 5.78 Å². The molecule has 4 nitrogen and oxygen atoms in total. The first-order chi connectivity index (χ1) is 13.5. The minimum Gasteiger partial charge on any atom is -0.497 e. The van der Waals surface area contributed by atoms with Crippen LogP contribution in [0.25, 0.3) is 6.08 Å². The van der Waals surface area contributed by atoms with Crippen LogP contribution in [0.1, 0.15) is 26.3 Å². The summed E-state index contributed by atoms with van der Waals surface area (Å²) < 4.78 is 11.3. The number of methoxy groups -OCH3 is 1. The second-order valence-electron chi connectivity index (χ2n) is 5.89. The minimum absolute atomic E-state index is 0.137. The predicted molar refractivity (Wildman–Crippen MR) is 112 cm³/mol. The van der Waals surface area contributed by atoms with Crippen molar-refractivity contribution in [3.05, 3.63) is 100 Å². The zero-order valence-electron chi connectivity index (χ0n) is 15.1. The van der Waals surface area contributed by atoms with Gasteiger partial charge in [-0.2, -0.15) is 0 Å². The third-order valence-electron chi connectivity index (χ3n) is 3.97. The van der Waals surface area contributed by atoms with E-state index in [-0.39, 0.29) is 5.78 Å². The lowest BCUT2D eigenvalue weighted by molar-refractivity contribution is 0.0734. The van der Waals surface area contributed by atoms with Crippen LogP contribution in [0.4, 0.5) is 0 Å². The maximum atomic E-state index is 12.3. The number of rotatable bonds is 6. The van der Waals surface area contributed by atoms with E-state index in [0.717, 1.165) is 15.8 Å². The lowest BCUT2D eigenvalue weighted by Gasteiger charge is -2.05. The quantitative estimate of drug-likeness (QED) is 0.219. The average Bonchev–Trinajstić information content (AvgIpc) is 2.73. The fourth-order valence-corrected chi connectivity index (χ4v) is 2.69. The van der Waals surface area contributed by atoms with Gasteiger partial charge in [-0.05, 0) is 72.3 Å². The SMILES string of the molecule is COc1ccc(C=CC(=O)c2ccc(OC(=O)c3ccc(Br)cc3)cc2)cc1. The Hall–Kier alpha value is -3.18. The van der Waals surface area contributed by atoms with Crippen LogP contribution in [0.2, 0.25) is 0 Å². The molecule has 0 spiro atoms. The Bertz CT molecular complexity index is 988. The first-order valence-electron chi connectivity index (χ1n) is 8.49. The molecule has 3 aromatic rings. The molecule has 0 amide bonds. The van der Waals surface area contributed by atoms with Crippen LogP contribution in [0.3, 0.4) is 0 Å². The van der Waals surface area contributed by atoms with Crippen LogP contribution in [0.15, 0.2) is 83.3 Å². The van der Waals surface area contributed by atoms with E-state index in [0.29, 0.717) is 16.9 Å². The van der Waals surface area contributed by atoms with Gasteiger partial charge >= 0.3 is 5.97 Å². The van der Waals surface area contributed by atoms with Gasteiger partial charge in [-0.3, -0.25) is 4.79 Å². The highest BCUT2D eigenvalue weighted by atomic mass is 79.9. The molecule has 0 N–H and O–H groups in total. The summed E-state index contributed by atoms with van der Waals surface area (Å²) in [6.07, 6.45) is 3.24. The Morgan fingerprint density at radius 3 is 1.96 bits per heavy atom. The van der Waals surface area contributed by atoms with Gasteiger partial charge in [0.2, 0.25) is 0 Å². The van der Waals surface area contributed by atoms with E-state index < -0.39 is 5.97 Å². The van der Waals surface area contributed by atoms with Crippen LogP contribution >= 0.6 is 15.9 Å². The molecule has 0 saturated heterocycles. The summed E-state index contributed by atoms with van der Waals surface area (Å²) in [6.45, 7) is 0. The van der Waals surface area contributed by atoms with Crippen LogP contribution in [-0.2, 0) is 0 Å². The number of ether oxygens (including phenoxy) is 2. The number of hydrogen-bond acceptors (Lipinski definition) is 4. The van der Waals surface area contributed by atoms with Crippen molar-refractivity contribution in [2.75, 3.05) is 7.11 Å². The van der Waals surface area contributed by atoms with Crippen molar-refractivity contribution in [2.24, 2.45) is 0 Å². The highest BCUT2D eigenvalue weighted by Crippen LogP contribution is 2.17. The zero-order valence-corrected chi connectivity index (χ0v) is 16.7. The summed E-state index contributed by atoms with van der Waals surface area (Å²) in [4.78, 5) is 24.4. The number of hydrogen-bond donors (Lipinski definition) is 0. The molecule has 0 saturated carbocycles. The van der Waals surface area contributed by atoms with Crippen LogP contribution < -0.4 is 9.47 Å². The summed E-state index contributed by atoms with van der Waals surface area (Å²) in [5, 5.41) is 0. The average molecular weight is 437 g/mol. The number of benzene rings is 3. The molecule has 140 valence electrons. The lowest BCUT2D eigenvalue weighted by Crippen LogP contribution is -2.08. The number of carbonyl (C=O) groups excluding carboxylic acids is 2. The van der Waals surface area contributed by atoms with Crippen molar-refractivity contribution in [1.29, 1.82) is 0 Å². The third-order valence-corrected chi connectivity index (χ3v) is 4.50. The second-order valence-corrected chi connectivity index (χ2v) is 6.81. The molecule has 0 heterocycles. The van der Waals surface area contributed by atoms with E-state index in [1.54, 1.807) is 61.7 Å². The van der Waals surface area contributed by atoms with Crippen LogP contribution in [0.5, 0.6) is 11.5 Å². The van der Waals surface area contributed by atoms with Crippen LogP contribution in [0, 0.1) is 0 Å². The second kappa shape index (κ2) is 9.15. The Morgan fingerprint density at radius 2 is 1.36 bits per heavy atom. The van der Waals surface area contributed by atoms with Gasteiger partial charge in [-0.1, -0.05) is 34.1 Å². The molecule has 3 aromatic carbocycles. The smallest absolute Gasteiger partial charge is 0.343 e. The van der Waals surface area contributed by atoms with E-state index >= 15 is 0 Å². The summed E-state index contributed by atoms with van der Waals surface area (Å²) in [5.41, 5.74) is 1.85. The molecule has 0 aliphatic rings. The van der Waals surface area contributed by atoms with Gasteiger partial charge < -0.3 is 9.47 Å². The molecule has 0 aliphatic carbocycles. The van der Waals surface area contributed by atoms with Crippen LogP contribution in [-0.4, -0.2) is 18.9 Å². The third kappa shape index (κ3) is 5.18. The molecule has 3 rings (SSSR count). The zero-order chi connectivity index (χ0) is 19.9. The van der Waals surface area contributed by atoms with E-state index in [1.165, 1.54) is 6.08 Å². The van der Waals surface area contributed by atoms with Gasteiger partial charge in [-0.25, -0.2) is 4.79 Å². The predicted octanol–water partition coefficient (Wildman–Crippen LogP) is 5.57. The van der Waals surface area contributed by atoms with Gasteiger partial charge in [0.25, 0.3) is 0 Å². The number of carbonyl (C=O) groups is 2. The van der Waals surface area contributed by atoms with Gasteiger partial charge in [0.05, 0.1) is 12.7 Å². The summed E-state index contributed by atoms with van der Waals surface area (Å²) in [6, 6.07) is 20.8. The van der Waals surface area contributed by atoms with Gasteiger partial charge in [0.1, 0.15) is 11.5 Å². The Morgan fingerprint density at radius 1 is 0.786 bits per heavy atom. The number of allylic oxidation sites excluding steroid dienone is 1. The largest absolute Gasteiger partial charge is 0.497 e. The molecular weight excluding hydrogens is 420 g/mol. The fourth-order valence-electron chi connectivity index (χ4n) is 2.42. The van der Waals surface area contributed by atoms with Crippen molar-refractivity contribution in [3.63, 3.8) is 0 Å². The first-order valence-corrected chi connectivity index (χ1v) is 9.29. The molecule has 0 aliphatic heterocycles. The maximum Gasteiger partial charge on any atom is 0.343 e. The van der Waals surface area contributed by atoms with Crippen molar-refractivity contribution in [3.8, 4) is 11.5 Å². The summed E-state index contributed by atoms with van der Waals surface area (Å²) in [5.74, 6) is 0.549. The Balaban J connectivity index is 1.62. The number of ketones is 1. The normalized spacial score (nSPS) is 10.6. The Labute approximate surface area is 171 Å². The molecule has 28 heavy (non-hydrogen) atoms. The van der Waals surface area contributed by atoms with Crippen molar-refractivity contribution < 1.29 is 19.1 Å². The molecular formula is C23H17BrO4.